The number of carbonyl (C=O) groups is 1. The van der Waals surface area contributed by atoms with Gasteiger partial charge in [0.1, 0.15) is 5.78 Å². The van der Waals surface area contributed by atoms with Gasteiger partial charge in [0.25, 0.3) is 0 Å². The van der Waals surface area contributed by atoms with Gasteiger partial charge in [-0.3, -0.25) is 4.79 Å². The zero-order valence-corrected chi connectivity index (χ0v) is 4.92. The van der Waals surface area contributed by atoms with Crippen molar-refractivity contribution in [1.29, 1.82) is 0 Å². The summed E-state index contributed by atoms with van der Waals surface area (Å²) < 4.78 is 0. The van der Waals surface area contributed by atoms with E-state index >= 15 is 0 Å². The van der Waals surface area contributed by atoms with Gasteiger partial charge >= 0.3 is 0 Å². The molecule has 2 nitrogen and oxygen atoms in total. The maximum atomic E-state index is 10.5. The van der Waals surface area contributed by atoms with Crippen LogP contribution in [0.25, 0.3) is 0 Å². The molecule has 0 aromatic carbocycles. The van der Waals surface area contributed by atoms with Crippen molar-refractivity contribution in [2.75, 3.05) is 0 Å². The molecule has 0 aromatic heterocycles. The van der Waals surface area contributed by atoms with Gasteiger partial charge in [0.05, 0.1) is 6.10 Å². The smallest absolute Gasteiger partial charge is 0.135 e. The van der Waals surface area contributed by atoms with Crippen molar-refractivity contribution in [2.24, 2.45) is 5.92 Å². The van der Waals surface area contributed by atoms with E-state index in [4.69, 9.17) is 5.11 Å². The molecule has 0 spiro atoms. The SMILES string of the molecule is CC1CC(=O)CC1O. The predicted molar refractivity (Wildman–Crippen MR) is 29.4 cm³/mol. The number of Topliss-reactive ketones (excluding diaryl/α,β-unsaturated/α-hetero) is 1. The highest BCUT2D eigenvalue weighted by Crippen LogP contribution is 2.20. The molecule has 1 aliphatic rings. The summed E-state index contributed by atoms with van der Waals surface area (Å²) in [7, 11) is 0. The molecule has 1 saturated carbocycles. The largest absolute Gasteiger partial charge is 0.392 e. The lowest BCUT2D eigenvalue weighted by molar-refractivity contribution is -0.117. The number of hydrogen-bond acceptors (Lipinski definition) is 2. The molecule has 0 bridgehead atoms. The molecule has 0 radical (unpaired) electrons. The summed E-state index contributed by atoms with van der Waals surface area (Å²) in [6.07, 6.45) is 0.588. The number of hydrogen-bond donors (Lipinski definition) is 1. The Balaban J connectivity index is 2.51. The Morgan fingerprint density at radius 3 is 2.38 bits per heavy atom. The van der Waals surface area contributed by atoms with Crippen LogP contribution in [0, 0.1) is 5.92 Å². The first-order valence-corrected chi connectivity index (χ1v) is 2.90. The Bertz CT molecular complexity index is 97.1. The van der Waals surface area contributed by atoms with Gasteiger partial charge in [-0.1, -0.05) is 6.92 Å². The lowest BCUT2D eigenvalue weighted by Gasteiger charge is -2.02. The maximum Gasteiger partial charge on any atom is 0.135 e. The number of ketones is 1. The first kappa shape index (κ1) is 5.76. The topological polar surface area (TPSA) is 37.3 Å². The van der Waals surface area contributed by atoms with E-state index in [0.717, 1.165) is 0 Å². The summed E-state index contributed by atoms with van der Waals surface area (Å²) in [6, 6.07) is 0. The molecule has 1 aliphatic carbocycles. The summed E-state index contributed by atoms with van der Waals surface area (Å²) in [6.45, 7) is 1.90. The first-order chi connectivity index (χ1) is 3.70. The molecule has 8 heavy (non-hydrogen) atoms. The van der Waals surface area contributed by atoms with Gasteiger partial charge in [0.15, 0.2) is 0 Å². The highest BCUT2D eigenvalue weighted by atomic mass is 16.3. The van der Waals surface area contributed by atoms with Crippen molar-refractivity contribution in [3.8, 4) is 0 Å². The van der Waals surface area contributed by atoms with Crippen molar-refractivity contribution >= 4 is 5.78 Å². The van der Waals surface area contributed by atoms with E-state index < -0.39 is 0 Å². The third-order valence-corrected chi connectivity index (χ3v) is 1.64. The van der Waals surface area contributed by atoms with E-state index in [0.29, 0.717) is 12.8 Å². The predicted octanol–water partition coefficient (Wildman–Crippen LogP) is 0.346. The molecule has 1 rings (SSSR count). The molecule has 2 unspecified atom stereocenters. The Morgan fingerprint density at radius 2 is 2.25 bits per heavy atom. The average molecular weight is 114 g/mol. The number of aliphatic hydroxyl groups excluding tert-OH is 1. The van der Waals surface area contributed by atoms with Crippen LogP contribution in [0.4, 0.5) is 0 Å². The molecule has 0 heterocycles. The summed E-state index contributed by atoms with van der Waals surface area (Å²) >= 11 is 0. The van der Waals surface area contributed by atoms with Crippen LogP contribution in [0.2, 0.25) is 0 Å². The van der Waals surface area contributed by atoms with Gasteiger partial charge in [0.2, 0.25) is 0 Å². The van der Waals surface area contributed by atoms with Crippen LogP contribution in [0.5, 0.6) is 0 Å². The molecule has 0 amide bonds. The molecule has 0 aromatic rings. The molecule has 2 atom stereocenters. The summed E-state index contributed by atoms with van der Waals surface area (Å²) in [5, 5.41) is 8.95. The van der Waals surface area contributed by atoms with Gasteiger partial charge in [-0.2, -0.15) is 0 Å². The monoisotopic (exact) mass is 114 g/mol. The van der Waals surface area contributed by atoms with Crippen LogP contribution < -0.4 is 0 Å². The third-order valence-electron chi connectivity index (χ3n) is 1.64. The zero-order chi connectivity index (χ0) is 6.15. The minimum absolute atomic E-state index is 0.197. The zero-order valence-electron chi connectivity index (χ0n) is 4.92. The summed E-state index contributed by atoms with van der Waals surface area (Å²) in [4.78, 5) is 10.5. The Labute approximate surface area is 48.5 Å². The van der Waals surface area contributed by atoms with Crippen LogP contribution in [-0.4, -0.2) is 17.0 Å². The second-order valence-corrected chi connectivity index (χ2v) is 2.49. The van der Waals surface area contributed by atoms with Gasteiger partial charge in [-0.25, -0.2) is 0 Å². The van der Waals surface area contributed by atoms with E-state index in [-0.39, 0.29) is 17.8 Å². The molecule has 1 fully saturated rings. The van der Waals surface area contributed by atoms with E-state index in [2.05, 4.69) is 0 Å². The Morgan fingerprint density at radius 1 is 1.62 bits per heavy atom. The first-order valence-electron chi connectivity index (χ1n) is 2.90. The highest BCUT2D eigenvalue weighted by Gasteiger charge is 2.26. The minimum atomic E-state index is -0.359. The second-order valence-electron chi connectivity index (χ2n) is 2.49. The van der Waals surface area contributed by atoms with Gasteiger partial charge in [0, 0.05) is 12.8 Å². The molecule has 0 saturated heterocycles. The van der Waals surface area contributed by atoms with Crippen molar-refractivity contribution in [3.63, 3.8) is 0 Å². The van der Waals surface area contributed by atoms with Crippen molar-refractivity contribution < 1.29 is 9.90 Å². The number of rotatable bonds is 0. The molecular weight excluding hydrogens is 104 g/mol. The quantitative estimate of drug-likeness (QED) is 0.493. The fourth-order valence-corrected chi connectivity index (χ4v) is 1.01. The fraction of sp³-hybridized carbons (Fsp3) is 0.833. The number of carbonyl (C=O) groups excluding carboxylic acids is 1. The lowest BCUT2D eigenvalue weighted by atomic mass is 10.1. The maximum absolute atomic E-state index is 10.5. The molecular formula is C6H10O2. The lowest BCUT2D eigenvalue weighted by Crippen LogP contribution is -2.07. The van der Waals surface area contributed by atoms with Gasteiger partial charge < -0.3 is 5.11 Å². The van der Waals surface area contributed by atoms with Crippen LogP contribution >= 0.6 is 0 Å². The van der Waals surface area contributed by atoms with E-state index in [1.165, 1.54) is 0 Å². The van der Waals surface area contributed by atoms with E-state index in [1.807, 2.05) is 6.92 Å². The van der Waals surface area contributed by atoms with Gasteiger partial charge in [-0.05, 0) is 5.92 Å². The number of aliphatic hydroxyl groups is 1. The summed E-state index contributed by atoms with van der Waals surface area (Å²) in [5.74, 6) is 0.396. The normalized spacial score (nSPS) is 38.5. The second kappa shape index (κ2) is 1.86. The molecule has 2 heteroatoms. The van der Waals surface area contributed by atoms with Crippen LogP contribution in [-0.2, 0) is 4.79 Å². The van der Waals surface area contributed by atoms with Gasteiger partial charge in [-0.15, -0.1) is 0 Å². The fourth-order valence-electron chi connectivity index (χ4n) is 1.01. The van der Waals surface area contributed by atoms with E-state index in [1.54, 1.807) is 0 Å². The summed E-state index contributed by atoms with van der Waals surface area (Å²) in [5.41, 5.74) is 0. The Kier molecular flexibility index (Phi) is 1.34. The van der Waals surface area contributed by atoms with Crippen LogP contribution in [0.15, 0.2) is 0 Å². The molecule has 0 aliphatic heterocycles. The van der Waals surface area contributed by atoms with Crippen LogP contribution in [0.3, 0.4) is 0 Å². The van der Waals surface area contributed by atoms with Crippen molar-refractivity contribution in [1.82, 2.24) is 0 Å². The minimum Gasteiger partial charge on any atom is -0.392 e. The standard InChI is InChI=1S/C6H10O2/c1-4-2-5(7)3-6(4)8/h4,6,8H,2-3H2,1H3. The van der Waals surface area contributed by atoms with Crippen molar-refractivity contribution in [3.05, 3.63) is 0 Å². The van der Waals surface area contributed by atoms with E-state index in [9.17, 15) is 4.79 Å². The van der Waals surface area contributed by atoms with Crippen molar-refractivity contribution in [2.45, 2.75) is 25.9 Å². The Hall–Kier alpha value is -0.370. The molecule has 46 valence electrons. The average Bonchev–Trinajstić information content (AvgIpc) is 1.85. The van der Waals surface area contributed by atoms with Crippen LogP contribution in [0.1, 0.15) is 19.8 Å². The highest BCUT2D eigenvalue weighted by molar-refractivity contribution is 5.81. The third kappa shape index (κ3) is 0.892. The molecule has 1 N–H and O–H groups in total.